The molecule has 1 fully saturated rings. The number of hydrogen-bond donors (Lipinski definition) is 1. The van der Waals surface area contributed by atoms with Crippen LogP contribution in [0.3, 0.4) is 0 Å². The number of piperazine rings is 1. The number of benzene rings is 2. The molecule has 27 heavy (non-hydrogen) atoms. The summed E-state index contributed by atoms with van der Waals surface area (Å²) in [6.45, 7) is 6.17. The van der Waals surface area contributed by atoms with Gasteiger partial charge in [-0.05, 0) is 41.9 Å². The molecule has 0 radical (unpaired) electrons. The van der Waals surface area contributed by atoms with E-state index >= 15 is 0 Å². The Bertz CT molecular complexity index is 776. The molecule has 0 aromatic heterocycles. The minimum absolute atomic E-state index is 0.305. The van der Waals surface area contributed by atoms with Crippen LogP contribution in [0.5, 0.6) is 11.5 Å². The average Bonchev–Trinajstić information content (AvgIpc) is 3.19. The van der Waals surface area contributed by atoms with Crippen molar-refractivity contribution in [1.82, 2.24) is 15.1 Å². The van der Waals surface area contributed by atoms with E-state index in [0.717, 1.165) is 61.3 Å². The molecule has 0 aliphatic carbocycles. The van der Waals surface area contributed by atoms with Crippen LogP contribution in [0.15, 0.2) is 48.5 Å². The third-order valence-corrected chi connectivity index (χ3v) is 5.50. The lowest BCUT2D eigenvalue weighted by Gasteiger charge is -2.36. The predicted molar refractivity (Wildman–Crippen MR) is 110 cm³/mol. The average molecular weight is 384 g/mol. The van der Waals surface area contributed by atoms with Gasteiger partial charge >= 0.3 is 0 Å². The molecule has 5 nitrogen and oxygen atoms in total. The van der Waals surface area contributed by atoms with Crippen LogP contribution < -0.4 is 14.8 Å². The first-order valence-corrected chi connectivity index (χ1v) is 9.86. The van der Waals surface area contributed by atoms with Crippen LogP contribution in [0.2, 0.25) is 0 Å². The van der Waals surface area contributed by atoms with Crippen LogP contribution >= 0.6 is 12.2 Å². The van der Waals surface area contributed by atoms with Crippen molar-refractivity contribution in [2.75, 3.05) is 39.5 Å². The Morgan fingerprint density at radius 1 is 0.926 bits per heavy atom. The van der Waals surface area contributed by atoms with E-state index in [1.165, 1.54) is 5.56 Å². The van der Waals surface area contributed by atoms with Crippen LogP contribution in [0.1, 0.15) is 11.1 Å². The third-order valence-electron chi connectivity index (χ3n) is 5.10. The van der Waals surface area contributed by atoms with Crippen molar-refractivity contribution in [3.05, 3.63) is 59.7 Å². The molecular weight excluding hydrogens is 358 g/mol. The molecular formula is C21H25N3O2S. The summed E-state index contributed by atoms with van der Waals surface area (Å²) in [5, 5.41) is 4.20. The highest BCUT2D eigenvalue weighted by atomic mass is 32.1. The Morgan fingerprint density at radius 2 is 1.70 bits per heavy atom. The van der Waals surface area contributed by atoms with Gasteiger partial charge in [-0.1, -0.05) is 36.4 Å². The second-order valence-electron chi connectivity index (χ2n) is 6.91. The first-order valence-electron chi connectivity index (χ1n) is 9.45. The zero-order valence-corrected chi connectivity index (χ0v) is 16.2. The molecule has 0 unspecified atom stereocenters. The van der Waals surface area contributed by atoms with Gasteiger partial charge in [0.05, 0.1) is 0 Å². The molecule has 2 aliphatic heterocycles. The summed E-state index contributed by atoms with van der Waals surface area (Å²) >= 11 is 5.59. The van der Waals surface area contributed by atoms with Crippen LogP contribution in [-0.4, -0.2) is 54.4 Å². The lowest BCUT2D eigenvalue weighted by molar-refractivity contribution is 0.174. The van der Waals surface area contributed by atoms with Gasteiger partial charge in [0.15, 0.2) is 16.6 Å². The van der Waals surface area contributed by atoms with E-state index in [9.17, 15) is 0 Å². The fourth-order valence-corrected chi connectivity index (χ4v) is 3.70. The second-order valence-corrected chi connectivity index (χ2v) is 7.30. The highest BCUT2D eigenvalue weighted by Crippen LogP contribution is 2.32. The maximum absolute atomic E-state index is 5.59. The van der Waals surface area contributed by atoms with Crippen molar-refractivity contribution in [2.24, 2.45) is 0 Å². The molecule has 4 rings (SSSR count). The summed E-state index contributed by atoms with van der Waals surface area (Å²) in [4.78, 5) is 4.78. The molecule has 6 heteroatoms. The normalized spacial score (nSPS) is 16.4. The topological polar surface area (TPSA) is 37.0 Å². The summed E-state index contributed by atoms with van der Waals surface area (Å²) in [6.07, 6.45) is 1.10. The highest BCUT2D eigenvalue weighted by Gasteiger charge is 2.19. The van der Waals surface area contributed by atoms with Crippen molar-refractivity contribution < 1.29 is 9.47 Å². The number of thiocarbonyl (C=S) groups is 1. The fraction of sp³-hybridized carbons (Fsp3) is 0.381. The van der Waals surface area contributed by atoms with E-state index in [0.29, 0.717) is 13.3 Å². The van der Waals surface area contributed by atoms with Gasteiger partial charge in [-0.25, -0.2) is 0 Å². The molecule has 0 saturated carbocycles. The molecule has 2 aromatic carbocycles. The Balaban J connectivity index is 1.19. The van der Waals surface area contributed by atoms with Gasteiger partial charge in [-0.3, -0.25) is 4.90 Å². The van der Waals surface area contributed by atoms with E-state index in [1.807, 2.05) is 18.2 Å². The number of ether oxygens (including phenoxy) is 2. The number of hydrogen-bond acceptors (Lipinski definition) is 4. The summed E-state index contributed by atoms with van der Waals surface area (Å²) in [5.74, 6) is 1.63. The molecule has 2 aromatic rings. The monoisotopic (exact) mass is 383 g/mol. The SMILES string of the molecule is S=C(NCc1ccc2c(c1)OCO2)N1CCN(CCc2ccccc2)CC1. The van der Waals surface area contributed by atoms with Crippen molar-refractivity contribution in [2.45, 2.75) is 13.0 Å². The minimum Gasteiger partial charge on any atom is -0.454 e. The van der Waals surface area contributed by atoms with Gasteiger partial charge in [-0.2, -0.15) is 0 Å². The first kappa shape index (κ1) is 18.1. The van der Waals surface area contributed by atoms with Crippen LogP contribution in [0.4, 0.5) is 0 Å². The van der Waals surface area contributed by atoms with Crippen molar-refractivity contribution in [3.8, 4) is 11.5 Å². The highest BCUT2D eigenvalue weighted by molar-refractivity contribution is 7.80. The maximum atomic E-state index is 5.59. The van der Waals surface area contributed by atoms with Gasteiger partial charge in [-0.15, -0.1) is 0 Å². The minimum atomic E-state index is 0.305. The molecule has 0 atom stereocenters. The van der Waals surface area contributed by atoms with Gasteiger partial charge in [0.1, 0.15) is 0 Å². The molecule has 1 saturated heterocycles. The second kappa shape index (κ2) is 8.59. The molecule has 0 bridgehead atoms. The summed E-state index contributed by atoms with van der Waals surface area (Å²) < 4.78 is 10.8. The predicted octanol–water partition coefficient (Wildman–Crippen LogP) is 2.65. The third kappa shape index (κ3) is 4.70. The zero-order valence-electron chi connectivity index (χ0n) is 15.4. The van der Waals surface area contributed by atoms with E-state index < -0.39 is 0 Å². The van der Waals surface area contributed by atoms with Gasteiger partial charge < -0.3 is 19.7 Å². The standard InChI is InChI=1S/C21H25N3O2S/c27-21(22-15-18-6-7-19-20(14-18)26-16-25-19)24-12-10-23(11-13-24)9-8-17-4-2-1-3-5-17/h1-7,14H,8-13,15-16H2,(H,22,27). The molecule has 2 aliphatic rings. The first-order chi connectivity index (χ1) is 13.3. The van der Waals surface area contributed by atoms with Gasteiger partial charge in [0, 0.05) is 39.3 Å². The van der Waals surface area contributed by atoms with E-state index in [2.05, 4.69) is 45.4 Å². The summed E-state index contributed by atoms with van der Waals surface area (Å²) in [5.41, 5.74) is 2.55. The van der Waals surface area contributed by atoms with E-state index in [-0.39, 0.29) is 0 Å². The fourth-order valence-electron chi connectivity index (χ4n) is 3.45. The Hall–Kier alpha value is -2.31. The van der Waals surface area contributed by atoms with Crippen LogP contribution in [-0.2, 0) is 13.0 Å². The summed E-state index contributed by atoms with van der Waals surface area (Å²) in [6, 6.07) is 16.7. The lowest BCUT2D eigenvalue weighted by Crippen LogP contribution is -2.51. The number of fused-ring (bicyclic) bond motifs is 1. The van der Waals surface area contributed by atoms with Crippen LogP contribution in [0.25, 0.3) is 0 Å². The molecule has 0 amide bonds. The van der Waals surface area contributed by atoms with E-state index in [1.54, 1.807) is 0 Å². The Labute approximate surface area is 165 Å². The Morgan fingerprint density at radius 3 is 2.52 bits per heavy atom. The Kier molecular flexibility index (Phi) is 5.75. The van der Waals surface area contributed by atoms with Gasteiger partial charge in [0.2, 0.25) is 6.79 Å². The van der Waals surface area contributed by atoms with Crippen molar-refractivity contribution >= 4 is 17.3 Å². The number of rotatable bonds is 5. The maximum Gasteiger partial charge on any atom is 0.231 e. The van der Waals surface area contributed by atoms with Crippen molar-refractivity contribution in [3.63, 3.8) is 0 Å². The molecule has 142 valence electrons. The lowest BCUT2D eigenvalue weighted by atomic mass is 10.1. The smallest absolute Gasteiger partial charge is 0.231 e. The van der Waals surface area contributed by atoms with E-state index in [4.69, 9.17) is 21.7 Å². The van der Waals surface area contributed by atoms with Crippen molar-refractivity contribution in [1.29, 1.82) is 0 Å². The molecule has 2 heterocycles. The summed E-state index contributed by atoms with van der Waals surface area (Å²) in [7, 11) is 0. The zero-order chi connectivity index (χ0) is 18.5. The quantitative estimate of drug-likeness (QED) is 0.800. The number of nitrogens with zero attached hydrogens (tertiary/aromatic N) is 2. The molecule has 0 spiro atoms. The molecule has 1 N–H and O–H groups in total. The van der Waals surface area contributed by atoms with Gasteiger partial charge in [0.25, 0.3) is 0 Å². The number of nitrogens with one attached hydrogen (secondary N) is 1. The van der Waals surface area contributed by atoms with Crippen LogP contribution in [0, 0.1) is 0 Å². The largest absolute Gasteiger partial charge is 0.454 e.